The van der Waals surface area contributed by atoms with E-state index in [0.717, 1.165) is 46.1 Å². The first kappa shape index (κ1) is 21.3. The predicted octanol–water partition coefficient (Wildman–Crippen LogP) is 6.15. The van der Waals surface area contributed by atoms with Crippen LogP contribution in [0.4, 0.5) is 0 Å². The Morgan fingerprint density at radius 1 is 0.793 bits per heavy atom. The van der Waals surface area contributed by atoms with Crippen LogP contribution in [0, 0.1) is 13.8 Å². The molecule has 0 aliphatic rings. The molecule has 0 fully saturated rings. The first-order chi connectivity index (χ1) is 14.1. The fourth-order valence-corrected chi connectivity index (χ4v) is 5.72. The molecule has 0 aromatic heterocycles. The van der Waals surface area contributed by atoms with Gasteiger partial charge in [-0.25, -0.2) is 0 Å². The summed E-state index contributed by atoms with van der Waals surface area (Å²) in [6, 6.07) is 24.3. The van der Waals surface area contributed by atoms with Crippen LogP contribution in [-0.2, 0) is 0 Å². The van der Waals surface area contributed by atoms with E-state index in [-0.39, 0.29) is 5.52 Å². The zero-order valence-electron chi connectivity index (χ0n) is 17.5. The molecular formula is C26H29O2P. The standard InChI is InChI=1S/C26H29O2P/c1-4-5-9-19-28-22-15-17-24(18-16-22)29(23-13-7-6-8-14-23)26(27)25-20(2)11-10-12-21(25)3/h6-8,10-18H,4-5,9,19H2,1-3H3. The van der Waals surface area contributed by atoms with E-state index in [9.17, 15) is 4.79 Å². The van der Waals surface area contributed by atoms with Crippen LogP contribution in [-0.4, -0.2) is 12.1 Å². The van der Waals surface area contributed by atoms with Crippen LogP contribution in [0.5, 0.6) is 5.75 Å². The van der Waals surface area contributed by atoms with Crippen molar-refractivity contribution in [3.8, 4) is 5.75 Å². The largest absolute Gasteiger partial charge is 0.494 e. The highest BCUT2D eigenvalue weighted by Crippen LogP contribution is 2.39. The Balaban J connectivity index is 1.92. The van der Waals surface area contributed by atoms with Crippen LogP contribution in [0.15, 0.2) is 72.8 Å². The van der Waals surface area contributed by atoms with Crippen LogP contribution >= 0.6 is 7.92 Å². The summed E-state index contributed by atoms with van der Waals surface area (Å²) in [4.78, 5) is 13.7. The molecule has 0 spiro atoms. The van der Waals surface area contributed by atoms with Crippen LogP contribution < -0.4 is 15.3 Å². The van der Waals surface area contributed by atoms with E-state index < -0.39 is 7.92 Å². The molecular weight excluding hydrogens is 375 g/mol. The van der Waals surface area contributed by atoms with Gasteiger partial charge < -0.3 is 4.74 Å². The summed E-state index contributed by atoms with van der Waals surface area (Å²) in [5.74, 6) is 0.868. The molecule has 0 radical (unpaired) electrons. The summed E-state index contributed by atoms with van der Waals surface area (Å²) < 4.78 is 5.85. The van der Waals surface area contributed by atoms with Crippen molar-refractivity contribution in [2.75, 3.05) is 6.61 Å². The lowest BCUT2D eigenvalue weighted by Gasteiger charge is -2.20. The number of carbonyl (C=O) groups excluding carboxylic acids is 1. The monoisotopic (exact) mass is 404 g/mol. The molecule has 0 N–H and O–H groups in total. The highest BCUT2D eigenvalue weighted by atomic mass is 31.1. The molecule has 0 aliphatic heterocycles. The molecule has 150 valence electrons. The van der Waals surface area contributed by atoms with Gasteiger partial charge in [-0.1, -0.05) is 80.4 Å². The summed E-state index contributed by atoms with van der Waals surface area (Å²) in [6.07, 6.45) is 3.44. The second-order valence-electron chi connectivity index (χ2n) is 7.29. The van der Waals surface area contributed by atoms with Gasteiger partial charge >= 0.3 is 0 Å². The number of carbonyl (C=O) groups is 1. The number of hydrogen-bond acceptors (Lipinski definition) is 2. The fraction of sp³-hybridized carbons (Fsp3) is 0.269. The third kappa shape index (κ3) is 5.34. The summed E-state index contributed by atoms with van der Waals surface area (Å²) in [7, 11) is -1.15. The van der Waals surface area contributed by atoms with Gasteiger partial charge in [0.05, 0.1) is 6.61 Å². The number of aryl methyl sites for hydroxylation is 2. The third-order valence-corrected chi connectivity index (χ3v) is 7.28. The van der Waals surface area contributed by atoms with Crippen LogP contribution in [0.25, 0.3) is 0 Å². The van der Waals surface area contributed by atoms with Crippen LogP contribution in [0.3, 0.4) is 0 Å². The second-order valence-corrected chi connectivity index (χ2v) is 9.40. The average molecular weight is 404 g/mol. The number of benzene rings is 3. The number of hydrogen-bond donors (Lipinski definition) is 0. The highest BCUT2D eigenvalue weighted by molar-refractivity contribution is 7.88. The quantitative estimate of drug-likeness (QED) is 0.316. The Hall–Kier alpha value is -2.44. The molecule has 0 heterocycles. The summed E-state index contributed by atoms with van der Waals surface area (Å²) in [5, 5.41) is 2.13. The number of rotatable bonds is 9. The Bertz CT molecular complexity index is 912. The van der Waals surface area contributed by atoms with Gasteiger partial charge in [-0.2, -0.15) is 0 Å². The molecule has 29 heavy (non-hydrogen) atoms. The maximum absolute atomic E-state index is 13.7. The van der Waals surface area contributed by atoms with Gasteiger partial charge in [0.25, 0.3) is 0 Å². The maximum atomic E-state index is 13.7. The molecule has 3 heteroatoms. The van der Waals surface area contributed by atoms with E-state index in [0.29, 0.717) is 0 Å². The summed E-state index contributed by atoms with van der Waals surface area (Å²) in [5.41, 5.74) is 3.13. The van der Waals surface area contributed by atoms with Crippen molar-refractivity contribution in [3.05, 3.63) is 89.5 Å². The molecule has 3 rings (SSSR count). The van der Waals surface area contributed by atoms with Crippen molar-refractivity contribution in [2.45, 2.75) is 40.0 Å². The number of ether oxygens (including phenoxy) is 1. The van der Waals surface area contributed by atoms with Crippen molar-refractivity contribution < 1.29 is 9.53 Å². The van der Waals surface area contributed by atoms with E-state index in [2.05, 4.69) is 31.2 Å². The van der Waals surface area contributed by atoms with Crippen LogP contribution in [0.1, 0.15) is 47.7 Å². The minimum atomic E-state index is -1.15. The fourth-order valence-electron chi connectivity index (χ4n) is 3.46. The third-order valence-electron chi connectivity index (χ3n) is 5.02. The minimum absolute atomic E-state index is 0.207. The van der Waals surface area contributed by atoms with Gasteiger partial charge in [-0.15, -0.1) is 0 Å². The van der Waals surface area contributed by atoms with E-state index >= 15 is 0 Å². The Labute approximate surface area is 175 Å². The van der Waals surface area contributed by atoms with Gasteiger partial charge in [0.15, 0.2) is 5.52 Å². The lowest BCUT2D eigenvalue weighted by atomic mass is 10.0. The molecule has 3 aromatic rings. The van der Waals surface area contributed by atoms with Crippen molar-refractivity contribution in [1.29, 1.82) is 0 Å². The molecule has 1 unspecified atom stereocenters. The highest BCUT2D eigenvalue weighted by Gasteiger charge is 2.26. The molecule has 0 bridgehead atoms. The van der Waals surface area contributed by atoms with Crippen molar-refractivity contribution in [2.24, 2.45) is 0 Å². The van der Waals surface area contributed by atoms with Crippen molar-refractivity contribution in [3.63, 3.8) is 0 Å². The van der Waals surface area contributed by atoms with E-state index in [1.807, 2.05) is 62.4 Å². The molecule has 0 saturated heterocycles. The van der Waals surface area contributed by atoms with Crippen molar-refractivity contribution in [1.82, 2.24) is 0 Å². The van der Waals surface area contributed by atoms with Gasteiger partial charge in [0, 0.05) is 13.5 Å². The zero-order valence-corrected chi connectivity index (χ0v) is 18.4. The minimum Gasteiger partial charge on any atom is -0.494 e. The molecule has 0 saturated carbocycles. The first-order valence-electron chi connectivity index (χ1n) is 10.3. The average Bonchev–Trinajstić information content (AvgIpc) is 2.73. The molecule has 1 atom stereocenters. The molecule has 3 aromatic carbocycles. The van der Waals surface area contributed by atoms with Gasteiger partial charge in [-0.3, -0.25) is 4.79 Å². The maximum Gasteiger partial charge on any atom is 0.193 e. The second kappa shape index (κ2) is 10.4. The Kier molecular flexibility index (Phi) is 7.61. The van der Waals surface area contributed by atoms with E-state index in [4.69, 9.17) is 4.74 Å². The van der Waals surface area contributed by atoms with Gasteiger partial charge in [-0.05, 0) is 54.1 Å². The molecule has 2 nitrogen and oxygen atoms in total. The first-order valence-corrected chi connectivity index (χ1v) is 11.6. The Morgan fingerprint density at radius 2 is 1.41 bits per heavy atom. The molecule has 0 amide bonds. The van der Waals surface area contributed by atoms with Gasteiger partial charge in [0.1, 0.15) is 5.75 Å². The lowest BCUT2D eigenvalue weighted by Crippen LogP contribution is -2.19. The lowest BCUT2D eigenvalue weighted by molar-refractivity contribution is 0.108. The predicted molar refractivity (Wildman–Crippen MR) is 124 cm³/mol. The normalized spacial score (nSPS) is 11.8. The number of unbranched alkanes of at least 4 members (excludes halogenated alkanes) is 2. The Morgan fingerprint density at radius 3 is 2.03 bits per heavy atom. The summed E-state index contributed by atoms with van der Waals surface area (Å²) in [6.45, 7) is 6.97. The summed E-state index contributed by atoms with van der Waals surface area (Å²) >= 11 is 0. The van der Waals surface area contributed by atoms with Crippen molar-refractivity contribution >= 4 is 24.1 Å². The molecule has 0 aliphatic carbocycles. The topological polar surface area (TPSA) is 26.3 Å². The van der Waals surface area contributed by atoms with E-state index in [1.54, 1.807) is 0 Å². The van der Waals surface area contributed by atoms with E-state index in [1.165, 1.54) is 12.8 Å². The SMILES string of the molecule is CCCCCOc1ccc(P(C(=O)c2c(C)cccc2C)c2ccccc2)cc1. The smallest absolute Gasteiger partial charge is 0.193 e. The van der Waals surface area contributed by atoms with Gasteiger partial charge in [0.2, 0.25) is 0 Å². The zero-order chi connectivity index (χ0) is 20.6. The van der Waals surface area contributed by atoms with Crippen LogP contribution in [0.2, 0.25) is 0 Å².